The Kier molecular flexibility index (Phi) is 6.31. The second kappa shape index (κ2) is 8.22. The van der Waals surface area contributed by atoms with Gasteiger partial charge in [-0.1, -0.05) is 35.9 Å². The molecule has 0 aromatic heterocycles. The highest BCUT2D eigenvalue weighted by Crippen LogP contribution is 2.20. The normalized spacial score (nSPS) is 10.5. The maximum absolute atomic E-state index is 11.9. The molecule has 0 radical (unpaired) electrons. The average Bonchev–Trinajstić information content (AvgIpc) is 2.51. The number of carbonyl (C=O) groups is 1. The molecule has 2 aromatic carbocycles. The van der Waals surface area contributed by atoms with E-state index in [4.69, 9.17) is 16.7 Å². The highest BCUT2D eigenvalue weighted by Gasteiger charge is 2.05. The SMILES string of the molecule is Cc1cc(Cl)ccc1NC(=O)CSCc1ccc(CO)cc1. The van der Waals surface area contributed by atoms with E-state index in [0.717, 1.165) is 28.1 Å². The zero-order valence-electron chi connectivity index (χ0n) is 12.3. The van der Waals surface area contributed by atoms with Crippen LogP contribution in [0.25, 0.3) is 0 Å². The molecule has 2 N–H and O–H groups in total. The summed E-state index contributed by atoms with van der Waals surface area (Å²) >= 11 is 7.45. The molecule has 0 unspecified atom stereocenters. The van der Waals surface area contributed by atoms with Crippen molar-refractivity contribution in [3.63, 3.8) is 0 Å². The fourth-order valence-corrected chi connectivity index (χ4v) is 2.97. The van der Waals surface area contributed by atoms with Crippen LogP contribution in [0, 0.1) is 6.92 Å². The quantitative estimate of drug-likeness (QED) is 0.838. The average molecular weight is 336 g/mol. The highest BCUT2D eigenvalue weighted by atomic mass is 35.5. The molecule has 1 amide bonds. The van der Waals surface area contributed by atoms with E-state index in [9.17, 15) is 4.79 Å². The second-order valence-corrected chi connectivity index (χ2v) is 6.40. The van der Waals surface area contributed by atoms with Crippen molar-refractivity contribution in [3.05, 3.63) is 64.2 Å². The van der Waals surface area contributed by atoms with Gasteiger partial charge in [-0.05, 0) is 41.8 Å². The van der Waals surface area contributed by atoms with Crippen LogP contribution in [-0.4, -0.2) is 16.8 Å². The van der Waals surface area contributed by atoms with Gasteiger partial charge in [-0.2, -0.15) is 0 Å². The number of nitrogens with one attached hydrogen (secondary N) is 1. The van der Waals surface area contributed by atoms with Gasteiger partial charge in [0.05, 0.1) is 12.4 Å². The van der Waals surface area contributed by atoms with Gasteiger partial charge >= 0.3 is 0 Å². The van der Waals surface area contributed by atoms with Gasteiger partial charge in [-0.25, -0.2) is 0 Å². The van der Waals surface area contributed by atoms with E-state index < -0.39 is 0 Å². The largest absolute Gasteiger partial charge is 0.392 e. The maximum atomic E-state index is 11.9. The van der Waals surface area contributed by atoms with Gasteiger partial charge in [0.25, 0.3) is 0 Å². The zero-order chi connectivity index (χ0) is 15.9. The summed E-state index contributed by atoms with van der Waals surface area (Å²) < 4.78 is 0. The van der Waals surface area contributed by atoms with Crippen molar-refractivity contribution >= 4 is 35.0 Å². The van der Waals surface area contributed by atoms with Crippen molar-refractivity contribution in [2.75, 3.05) is 11.1 Å². The first-order chi connectivity index (χ1) is 10.6. The van der Waals surface area contributed by atoms with Crippen LogP contribution in [-0.2, 0) is 17.2 Å². The Balaban J connectivity index is 1.79. The van der Waals surface area contributed by atoms with Crippen LogP contribution >= 0.6 is 23.4 Å². The number of thioether (sulfide) groups is 1. The number of anilines is 1. The van der Waals surface area contributed by atoms with Gasteiger partial charge in [-0.3, -0.25) is 4.79 Å². The number of benzene rings is 2. The summed E-state index contributed by atoms with van der Waals surface area (Å²) in [6.45, 7) is 1.97. The van der Waals surface area contributed by atoms with Crippen LogP contribution in [0.15, 0.2) is 42.5 Å². The molecule has 0 fully saturated rings. The Morgan fingerprint density at radius 3 is 2.50 bits per heavy atom. The van der Waals surface area contributed by atoms with Gasteiger partial charge in [0.2, 0.25) is 5.91 Å². The molecule has 0 saturated carbocycles. The summed E-state index contributed by atoms with van der Waals surface area (Å²) in [6.07, 6.45) is 0. The Morgan fingerprint density at radius 1 is 1.18 bits per heavy atom. The molecule has 0 aliphatic rings. The summed E-state index contributed by atoms with van der Waals surface area (Å²) in [5.74, 6) is 1.13. The highest BCUT2D eigenvalue weighted by molar-refractivity contribution is 7.99. The van der Waals surface area contributed by atoms with Crippen molar-refractivity contribution < 1.29 is 9.90 Å². The first-order valence-corrected chi connectivity index (χ1v) is 8.44. The minimum Gasteiger partial charge on any atom is -0.392 e. The molecule has 0 spiro atoms. The summed E-state index contributed by atoms with van der Waals surface area (Å²) in [5.41, 5.74) is 3.77. The van der Waals surface area contributed by atoms with E-state index in [-0.39, 0.29) is 12.5 Å². The fraction of sp³-hybridized carbons (Fsp3) is 0.235. The second-order valence-electron chi connectivity index (χ2n) is 4.97. The van der Waals surface area contributed by atoms with Gasteiger partial charge in [0.1, 0.15) is 0 Å². The molecule has 2 aromatic rings. The number of amides is 1. The zero-order valence-corrected chi connectivity index (χ0v) is 13.9. The topological polar surface area (TPSA) is 49.3 Å². The number of carbonyl (C=O) groups excluding carboxylic acids is 1. The minimum absolute atomic E-state index is 0.0256. The van der Waals surface area contributed by atoms with E-state index in [1.165, 1.54) is 0 Å². The Bertz CT molecular complexity index is 644. The number of aliphatic hydroxyl groups excluding tert-OH is 1. The molecule has 0 atom stereocenters. The van der Waals surface area contributed by atoms with Crippen LogP contribution in [0.4, 0.5) is 5.69 Å². The van der Waals surface area contributed by atoms with Gasteiger partial charge in [-0.15, -0.1) is 11.8 Å². The van der Waals surface area contributed by atoms with E-state index in [1.807, 2.05) is 43.3 Å². The van der Waals surface area contributed by atoms with Crippen LogP contribution in [0.5, 0.6) is 0 Å². The molecule has 3 nitrogen and oxygen atoms in total. The first-order valence-electron chi connectivity index (χ1n) is 6.91. The third-order valence-electron chi connectivity index (χ3n) is 3.17. The van der Waals surface area contributed by atoms with Gasteiger partial charge in [0.15, 0.2) is 0 Å². The Hall–Kier alpha value is -1.49. The molecule has 5 heteroatoms. The lowest BCUT2D eigenvalue weighted by Gasteiger charge is -2.08. The number of aryl methyl sites for hydroxylation is 1. The van der Waals surface area contributed by atoms with E-state index in [2.05, 4.69) is 5.32 Å². The minimum atomic E-state index is -0.0256. The number of aliphatic hydroxyl groups is 1. The Labute approximate surface area is 139 Å². The standard InChI is InChI=1S/C17H18ClNO2S/c1-12-8-15(18)6-7-16(12)19-17(21)11-22-10-14-4-2-13(9-20)3-5-14/h2-8,20H,9-11H2,1H3,(H,19,21). The first kappa shape index (κ1) is 16.9. The van der Waals surface area contributed by atoms with Crippen LogP contribution in [0.2, 0.25) is 5.02 Å². The molecule has 0 bridgehead atoms. The summed E-state index contributed by atoms with van der Waals surface area (Å²) in [5, 5.41) is 12.5. The monoisotopic (exact) mass is 335 g/mol. The third-order valence-corrected chi connectivity index (χ3v) is 4.41. The predicted octanol–water partition coefficient (Wildman–Crippen LogP) is 4.01. The fourth-order valence-electron chi connectivity index (χ4n) is 1.96. The molecular formula is C17H18ClNO2S. The summed E-state index contributed by atoms with van der Waals surface area (Å²) in [4.78, 5) is 11.9. The van der Waals surface area contributed by atoms with E-state index >= 15 is 0 Å². The van der Waals surface area contributed by atoms with E-state index in [1.54, 1.807) is 17.8 Å². The number of hydrogen-bond donors (Lipinski definition) is 2. The van der Waals surface area contributed by atoms with Gasteiger partial charge < -0.3 is 10.4 Å². The molecule has 0 aliphatic carbocycles. The van der Waals surface area contributed by atoms with Crippen LogP contribution in [0.1, 0.15) is 16.7 Å². The number of halogens is 1. The smallest absolute Gasteiger partial charge is 0.234 e. The summed E-state index contributed by atoms with van der Waals surface area (Å²) in [6, 6.07) is 13.1. The lowest BCUT2D eigenvalue weighted by Crippen LogP contribution is -2.14. The number of rotatable bonds is 6. The molecule has 0 heterocycles. The van der Waals surface area contributed by atoms with Crippen molar-refractivity contribution in [2.45, 2.75) is 19.3 Å². The Morgan fingerprint density at radius 2 is 1.86 bits per heavy atom. The molecule has 2 rings (SSSR count). The molecule has 0 aliphatic heterocycles. The van der Waals surface area contributed by atoms with Crippen LogP contribution in [0.3, 0.4) is 0 Å². The van der Waals surface area contributed by atoms with Crippen molar-refractivity contribution in [1.82, 2.24) is 0 Å². The lowest BCUT2D eigenvalue weighted by molar-refractivity contribution is -0.113. The summed E-state index contributed by atoms with van der Waals surface area (Å²) in [7, 11) is 0. The predicted molar refractivity (Wildman–Crippen MR) is 93.3 cm³/mol. The molecule has 116 valence electrons. The lowest BCUT2D eigenvalue weighted by atomic mass is 10.2. The van der Waals surface area contributed by atoms with Crippen molar-refractivity contribution in [2.24, 2.45) is 0 Å². The molecule has 22 heavy (non-hydrogen) atoms. The van der Waals surface area contributed by atoms with Gasteiger partial charge in [0, 0.05) is 16.5 Å². The third kappa shape index (κ3) is 5.05. The molecular weight excluding hydrogens is 318 g/mol. The van der Waals surface area contributed by atoms with Crippen molar-refractivity contribution in [3.8, 4) is 0 Å². The van der Waals surface area contributed by atoms with Crippen LogP contribution < -0.4 is 5.32 Å². The number of hydrogen-bond acceptors (Lipinski definition) is 3. The molecule has 0 saturated heterocycles. The van der Waals surface area contributed by atoms with Crippen molar-refractivity contribution in [1.29, 1.82) is 0 Å². The maximum Gasteiger partial charge on any atom is 0.234 e. The van der Waals surface area contributed by atoms with E-state index in [0.29, 0.717) is 10.8 Å².